The van der Waals surface area contributed by atoms with Crippen molar-refractivity contribution in [3.8, 4) is 11.5 Å². The summed E-state index contributed by atoms with van der Waals surface area (Å²) in [7, 11) is 1.59. The van der Waals surface area contributed by atoms with Gasteiger partial charge in [-0.2, -0.15) is 0 Å². The number of aryl methyl sites for hydroxylation is 1. The Morgan fingerprint density at radius 1 is 1.38 bits per heavy atom. The number of carbonyl (C=O) groups excluding carboxylic acids is 1. The third kappa shape index (κ3) is 3.46. The van der Waals surface area contributed by atoms with Crippen LogP contribution in [0, 0.1) is 0 Å². The van der Waals surface area contributed by atoms with Crippen LogP contribution >= 0.6 is 0 Å². The van der Waals surface area contributed by atoms with Crippen molar-refractivity contribution in [2.24, 2.45) is 5.73 Å². The van der Waals surface area contributed by atoms with Crippen molar-refractivity contribution in [2.45, 2.75) is 19.8 Å². The van der Waals surface area contributed by atoms with Crippen LogP contribution in [0.2, 0.25) is 0 Å². The molecule has 1 aromatic carbocycles. The maximum atomic E-state index is 10.6. The molecule has 88 valence electrons. The van der Waals surface area contributed by atoms with Crippen LogP contribution in [0.5, 0.6) is 11.5 Å². The smallest absolute Gasteiger partial charge is 0.220 e. The van der Waals surface area contributed by atoms with Gasteiger partial charge in [-0.1, -0.05) is 13.0 Å². The van der Waals surface area contributed by atoms with Crippen LogP contribution in [-0.4, -0.2) is 19.6 Å². The normalized spacial score (nSPS) is 9.88. The average Bonchev–Trinajstić information content (AvgIpc) is 2.29. The molecule has 4 nitrogen and oxygen atoms in total. The standard InChI is InChI=1S/C12H17NO3/c1-3-9-4-5-10(11(8-9)15-2)16-7-6-12(13)14/h4-5,8H,3,6-7H2,1-2H3,(H2,13,14). The molecule has 0 saturated carbocycles. The first-order chi connectivity index (χ1) is 7.67. The molecule has 0 aliphatic carbocycles. The highest BCUT2D eigenvalue weighted by molar-refractivity contribution is 5.73. The van der Waals surface area contributed by atoms with Gasteiger partial charge in [-0.05, 0) is 24.1 Å². The number of hydrogen-bond acceptors (Lipinski definition) is 3. The summed E-state index contributed by atoms with van der Waals surface area (Å²) in [5.74, 6) is 0.953. The van der Waals surface area contributed by atoms with Gasteiger partial charge in [-0.3, -0.25) is 4.79 Å². The maximum absolute atomic E-state index is 10.6. The molecule has 0 aliphatic heterocycles. The van der Waals surface area contributed by atoms with Gasteiger partial charge in [0.1, 0.15) is 0 Å². The third-order valence-electron chi connectivity index (χ3n) is 2.24. The summed E-state index contributed by atoms with van der Waals surface area (Å²) in [6.07, 6.45) is 1.15. The van der Waals surface area contributed by atoms with E-state index in [0.717, 1.165) is 6.42 Å². The largest absolute Gasteiger partial charge is 0.493 e. The summed E-state index contributed by atoms with van der Waals surface area (Å²) < 4.78 is 10.6. The quantitative estimate of drug-likeness (QED) is 0.795. The third-order valence-corrected chi connectivity index (χ3v) is 2.24. The molecule has 0 aromatic heterocycles. The lowest BCUT2D eigenvalue weighted by molar-refractivity contribution is -0.118. The van der Waals surface area contributed by atoms with E-state index in [9.17, 15) is 4.79 Å². The number of ether oxygens (including phenoxy) is 2. The van der Waals surface area contributed by atoms with Gasteiger partial charge in [0.2, 0.25) is 5.91 Å². The molecular weight excluding hydrogens is 206 g/mol. The van der Waals surface area contributed by atoms with Gasteiger partial charge in [-0.25, -0.2) is 0 Å². The molecular formula is C12H17NO3. The number of nitrogens with two attached hydrogens (primary N) is 1. The Morgan fingerprint density at radius 3 is 2.69 bits per heavy atom. The molecule has 0 fully saturated rings. The molecule has 0 heterocycles. The number of rotatable bonds is 6. The van der Waals surface area contributed by atoms with Crippen molar-refractivity contribution >= 4 is 5.91 Å². The summed E-state index contributed by atoms with van der Waals surface area (Å²) in [6, 6.07) is 5.75. The molecule has 0 unspecified atom stereocenters. The molecule has 4 heteroatoms. The Hall–Kier alpha value is -1.71. The molecule has 0 saturated heterocycles. The molecule has 1 amide bonds. The zero-order valence-corrected chi connectivity index (χ0v) is 9.66. The Bertz CT molecular complexity index is 363. The van der Waals surface area contributed by atoms with Crippen molar-refractivity contribution in [3.63, 3.8) is 0 Å². The highest BCUT2D eigenvalue weighted by Gasteiger charge is 2.05. The van der Waals surface area contributed by atoms with Gasteiger partial charge in [-0.15, -0.1) is 0 Å². The molecule has 0 aliphatic rings. The van der Waals surface area contributed by atoms with Crippen molar-refractivity contribution < 1.29 is 14.3 Å². The van der Waals surface area contributed by atoms with Crippen LogP contribution < -0.4 is 15.2 Å². The fourth-order valence-electron chi connectivity index (χ4n) is 1.31. The second-order valence-corrected chi connectivity index (χ2v) is 3.40. The molecule has 0 radical (unpaired) electrons. The van der Waals surface area contributed by atoms with Gasteiger partial charge < -0.3 is 15.2 Å². The molecule has 1 aromatic rings. The van der Waals surface area contributed by atoms with Gasteiger partial charge in [0.15, 0.2) is 11.5 Å². The van der Waals surface area contributed by atoms with E-state index in [0.29, 0.717) is 11.5 Å². The lowest BCUT2D eigenvalue weighted by atomic mass is 10.1. The van der Waals surface area contributed by atoms with Crippen LogP contribution in [-0.2, 0) is 11.2 Å². The van der Waals surface area contributed by atoms with Crippen LogP contribution in [0.25, 0.3) is 0 Å². The summed E-state index contributed by atoms with van der Waals surface area (Å²) in [5.41, 5.74) is 6.20. The second kappa shape index (κ2) is 6.00. The second-order valence-electron chi connectivity index (χ2n) is 3.40. The summed E-state index contributed by atoms with van der Waals surface area (Å²) in [5, 5.41) is 0. The van der Waals surface area contributed by atoms with E-state index in [-0.39, 0.29) is 18.9 Å². The fourth-order valence-corrected chi connectivity index (χ4v) is 1.31. The molecule has 1 rings (SSSR count). The zero-order chi connectivity index (χ0) is 12.0. The van der Waals surface area contributed by atoms with Crippen LogP contribution in [0.3, 0.4) is 0 Å². The zero-order valence-electron chi connectivity index (χ0n) is 9.66. The van der Waals surface area contributed by atoms with E-state index < -0.39 is 0 Å². The SMILES string of the molecule is CCc1ccc(OCCC(N)=O)c(OC)c1. The van der Waals surface area contributed by atoms with E-state index in [2.05, 4.69) is 6.92 Å². The van der Waals surface area contributed by atoms with Gasteiger partial charge >= 0.3 is 0 Å². The molecule has 2 N–H and O–H groups in total. The van der Waals surface area contributed by atoms with Crippen molar-refractivity contribution in [2.75, 3.05) is 13.7 Å². The first-order valence-corrected chi connectivity index (χ1v) is 5.25. The summed E-state index contributed by atoms with van der Waals surface area (Å²) in [4.78, 5) is 10.6. The van der Waals surface area contributed by atoms with Crippen LogP contribution in [0.15, 0.2) is 18.2 Å². The number of primary amides is 1. The maximum Gasteiger partial charge on any atom is 0.220 e. The van der Waals surface area contributed by atoms with Gasteiger partial charge in [0.05, 0.1) is 20.1 Å². The van der Waals surface area contributed by atoms with E-state index in [1.54, 1.807) is 7.11 Å². The number of carbonyl (C=O) groups is 1. The topological polar surface area (TPSA) is 61.5 Å². The lowest BCUT2D eigenvalue weighted by Gasteiger charge is -2.11. The Kier molecular flexibility index (Phi) is 4.64. The highest BCUT2D eigenvalue weighted by atomic mass is 16.5. The van der Waals surface area contributed by atoms with Crippen molar-refractivity contribution in [3.05, 3.63) is 23.8 Å². The fraction of sp³-hybridized carbons (Fsp3) is 0.417. The minimum Gasteiger partial charge on any atom is -0.493 e. The predicted molar refractivity (Wildman–Crippen MR) is 61.7 cm³/mol. The summed E-state index contributed by atoms with van der Waals surface area (Å²) >= 11 is 0. The van der Waals surface area contributed by atoms with Crippen LogP contribution in [0.4, 0.5) is 0 Å². The molecule has 16 heavy (non-hydrogen) atoms. The number of hydrogen-bond donors (Lipinski definition) is 1. The number of benzene rings is 1. The molecule has 0 atom stereocenters. The predicted octanol–water partition coefficient (Wildman–Crippen LogP) is 1.51. The molecule has 0 spiro atoms. The van der Waals surface area contributed by atoms with E-state index in [1.165, 1.54) is 5.56 Å². The monoisotopic (exact) mass is 223 g/mol. The Morgan fingerprint density at radius 2 is 2.12 bits per heavy atom. The van der Waals surface area contributed by atoms with Crippen LogP contribution in [0.1, 0.15) is 18.9 Å². The summed E-state index contributed by atoms with van der Waals surface area (Å²) in [6.45, 7) is 2.35. The Balaban J connectivity index is 2.68. The molecule has 0 bridgehead atoms. The first kappa shape index (κ1) is 12.4. The minimum absolute atomic E-state index is 0.207. The average molecular weight is 223 g/mol. The van der Waals surface area contributed by atoms with E-state index in [4.69, 9.17) is 15.2 Å². The van der Waals surface area contributed by atoms with Gasteiger partial charge in [0.25, 0.3) is 0 Å². The van der Waals surface area contributed by atoms with E-state index in [1.807, 2.05) is 18.2 Å². The Labute approximate surface area is 95.3 Å². The lowest BCUT2D eigenvalue weighted by Crippen LogP contribution is -2.14. The van der Waals surface area contributed by atoms with Crippen molar-refractivity contribution in [1.82, 2.24) is 0 Å². The van der Waals surface area contributed by atoms with Crippen molar-refractivity contribution in [1.29, 1.82) is 0 Å². The van der Waals surface area contributed by atoms with Gasteiger partial charge in [0, 0.05) is 0 Å². The minimum atomic E-state index is -0.371. The first-order valence-electron chi connectivity index (χ1n) is 5.25. The highest BCUT2D eigenvalue weighted by Crippen LogP contribution is 2.28. The van der Waals surface area contributed by atoms with E-state index >= 15 is 0 Å². The number of methoxy groups -OCH3 is 1. The number of amides is 1.